The van der Waals surface area contributed by atoms with E-state index in [9.17, 15) is 14.4 Å². The molecule has 0 aromatic heterocycles. The summed E-state index contributed by atoms with van der Waals surface area (Å²) in [5, 5.41) is 4.95. The molecule has 0 bridgehead atoms. The van der Waals surface area contributed by atoms with Gasteiger partial charge >= 0.3 is 0 Å². The molecule has 0 fully saturated rings. The Balaban J connectivity index is 1.49. The summed E-state index contributed by atoms with van der Waals surface area (Å²) in [4.78, 5) is 35.1. The van der Waals surface area contributed by atoms with E-state index in [1.54, 1.807) is 6.07 Å². The largest absolute Gasteiger partial charge is 0.493 e. The molecule has 0 aliphatic carbocycles. The van der Waals surface area contributed by atoms with Crippen molar-refractivity contribution in [3.05, 3.63) is 59.2 Å². The van der Waals surface area contributed by atoms with Crippen LogP contribution in [0.1, 0.15) is 39.1 Å². The van der Waals surface area contributed by atoms with Crippen molar-refractivity contribution < 1.29 is 19.1 Å². The third-order valence-electron chi connectivity index (χ3n) is 3.92. The standard InChI is InChI=1S/C19H18N2O4/c1-12-5-2-3-6-16(12)25-10-4-7-17(22)20-13-8-9-14-15(11-13)19(24)21-18(14)23/h2-3,5-6,8-9,11H,4,7,10H2,1H3,(H,20,22)(H,21,23,24). The minimum Gasteiger partial charge on any atom is -0.493 e. The lowest BCUT2D eigenvalue weighted by Crippen LogP contribution is -2.19. The lowest BCUT2D eigenvalue weighted by molar-refractivity contribution is -0.116. The molecule has 0 radical (unpaired) electrons. The molecule has 2 aromatic rings. The van der Waals surface area contributed by atoms with Crippen molar-refractivity contribution in [1.29, 1.82) is 0 Å². The number of rotatable bonds is 6. The van der Waals surface area contributed by atoms with Crippen LogP contribution in [0.15, 0.2) is 42.5 Å². The summed E-state index contributed by atoms with van der Waals surface area (Å²) < 4.78 is 5.65. The van der Waals surface area contributed by atoms with Crippen LogP contribution < -0.4 is 15.4 Å². The van der Waals surface area contributed by atoms with Gasteiger partial charge in [0.1, 0.15) is 5.75 Å². The molecular weight excluding hydrogens is 320 g/mol. The van der Waals surface area contributed by atoms with Crippen molar-refractivity contribution >= 4 is 23.4 Å². The Hall–Kier alpha value is -3.15. The molecule has 25 heavy (non-hydrogen) atoms. The van der Waals surface area contributed by atoms with Gasteiger partial charge < -0.3 is 10.1 Å². The van der Waals surface area contributed by atoms with Gasteiger partial charge in [0.25, 0.3) is 11.8 Å². The maximum absolute atomic E-state index is 12.0. The lowest BCUT2D eigenvalue weighted by atomic mass is 10.1. The van der Waals surface area contributed by atoms with Gasteiger partial charge in [0.2, 0.25) is 5.91 Å². The van der Waals surface area contributed by atoms with Gasteiger partial charge in [-0.25, -0.2) is 0 Å². The van der Waals surface area contributed by atoms with E-state index < -0.39 is 11.8 Å². The molecular formula is C19H18N2O4. The summed E-state index contributed by atoms with van der Waals surface area (Å²) in [7, 11) is 0. The summed E-state index contributed by atoms with van der Waals surface area (Å²) in [6, 6.07) is 12.4. The Morgan fingerprint density at radius 1 is 1.08 bits per heavy atom. The smallest absolute Gasteiger partial charge is 0.259 e. The minimum atomic E-state index is -0.442. The Morgan fingerprint density at radius 3 is 2.64 bits per heavy atom. The number of ether oxygens (including phenoxy) is 1. The molecule has 1 aliphatic rings. The molecule has 0 saturated heterocycles. The second kappa shape index (κ2) is 7.17. The van der Waals surface area contributed by atoms with Gasteiger partial charge in [-0.05, 0) is 43.2 Å². The highest BCUT2D eigenvalue weighted by atomic mass is 16.5. The van der Waals surface area contributed by atoms with Crippen molar-refractivity contribution in [3.8, 4) is 5.75 Å². The zero-order valence-electron chi connectivity index (χ0n) is 13.8. The number of amides is 3. The molecule has 1 heterocycles. The Labute approximate surface area is 145 Å². The average molecular weight is 338 g/mol. The number of nitrogens with one attached hydrogen (secondary N) is 2. The molecule has 0 spiro atoms. The van der Waals surface area contributed by atoms with Crippen LogP contribution in [0.2, 0.25) is 0 Å². The molecule has 128 valence electrons. The van der Waals surface area contributed by atoms with Gasteiger partial charge in [-0.15, -0.1) is 0 Å². The van der Waals surface area contributed by atoms with Crippen LogP contribution in [0.4, 0.5) is 5.69 Å². The topological polar surface area (TPSA) is 84.5 Å². The number of carbonyl (C=O) groups is 3. The zero-order chi connectivity index (χ0) is 17.8. The Bertz CT molecular complexity index is 845. The molecule has 0 saturated carbocycles. The summed E-state index contributed by atoms with van der Waals surface area (Å²) in [6.07, 6.45) is 0.873. The van der Waals surface area contributed by atoms with E-state index in [1.165, 1.54) is 12.1 Å². The first kappa shape index (κ1) is 16.7. The van der Waals surface area contributed by atoms with Crippen LogP contribution in [0, 0.1) is 6.92 Å². The SMILES string of the molecule is Cc1ccccc1OCCCC(=O)Nc1ccc2c(c1)C(=O)NC2=O. The maximum Gasteiger partial charge on any atom is 0.259 e. The van der Waals surface area contributed by atoms with Crippen molar-refractivity contribution in [2.75, 3.05) is 11.9 Å². The Morgan fingerprint density at radius 2 is 1.84 bits per heavy atom. The maximum atomic E-state index is 12.0. The molecule has 1 aliphatic heterocycles. The fraction of sp³-hybridized carbons (Fsp3) is 0.211. The monoisotopic (exact) mass is 338 g/mol. The van der Waals surface area contributed by atoms with Gasteiger partial charge in [0.15, 0.2) is 0 Å². The van der Waals surface area contributed by atoms with Crippen molar-refractivity contribution in [3.63, 3.8) is 0 Å². The number of carbonyl (C=O) groups excluding carboxylic acids is 3. The molecule has 6 nitrogen and oxygen atoms in total. The first-order valence-corrected chi connectivity index (χ1v) is 8.02. The third-order valence-corrected chi connectivity index (χ3v) is 3.92. The summed E-state index contributed by atoms with van der Waals surface area (Å²) in [6.45, 7) is 2.41. The molecule has 2 aromatic carbocycles. The number of benzene rings is 2. The number of aryl methyl sites for hydroxylation is 1. The summed E-state index contributed by atoms with van der Waals surface area (Å²) >= 11 is 0. The van der Waals surface area contributed by atoms with Crippen molar-refractivity contribution in [2.24, 2.45) is 0 Å². The van der Waals surface area contributed by atoms with E-state index in [-0.39, 0.29) is 11.5 Å². The first-order valence-electron chi connectivity index (χ1n) is 8.02. The van der Waals surface area contributed by atoms with Crippen LogP contribution in [-0.2, 0) is 4.79 Å². The van der Waals surface area contributed by atoms with Gasteiger partial charge in [0, 0.05) is 12.1 Å². The Kier molecular flexibility index (Phi) is 4.79. The summed E-state index contributed by atoms with van der Waals surface area (Å²) in [5.74, 6) is -0.204. The number of hydrogen-bond donors (Lipinski definition) is 2. The number of fused-ring (bicyclic) bond motifs is 1. The highest BCUT2D eigenvalue weighted by molar-refractivity contribution is 6.22. The molecule has 3 amide bonds. The lowest BCUT2D eigenvalue weighted by Gasteiger charge is -2.09. The number of hydrogen-bond acceptors (Lipinski definition) is 4. The van der Waals surface area contributed by atoms with E-state index in [4.69, 9.17) is 4.74 Å². The number of para-hydroxylation sites is 1. The molecule has 3 rings (SSSR count). The molecule has 0 atom stereocenters. The van der Waals surface area contributed by atoms with Gasteiger partial charge in [0.05, 0.1) is 17.7 Å². The normalized spacial score (nSPS) is 12.5. The van der Waals surface area contributed by atoms with Crippen LogP contribution in [0.3, 0.4) is 0 Å². The van der Waals surface area contributed by atoms with Crippen LogP contribution in [0.25, 0.3) is 0 Å². The molecule has 2 N–H and O–H groups in total. The highest BCUT2D eigenvalue weighted by Gasteiger charge is 2.26. The number of imide groups is 1. The van der Waals surface area contributed by atoms with E-state index in [1.807, 2.05) is 31.2 Å². The van der Waals surface area contributed by atoms with E-state index in [0.29, 0.717) is 30.7 Å². The molecule has 0 unspecified atom stereocenters. The van der Waals surface area contributed by atoms with Crippen LogP contribution in [-0.4, -0.2) is 24.3 Å². The quantitative estimate of drug-likeness (QED) is 0.626. The first-order chi connectivity index (χ1) is 12.0. The predicted octanol–water partition coefficient (Wildman–Crippen LogP) is 2.68. The van der Waals surface area contributed by atoms with Gasteiger partial charge in [-0.2, -0.15) is 0 Å². The molecule has 6 heteroatoms. The predicted molar refractivity (Wildman–Crippen MR) is 92.8 cm³/mol. The average Bonchev–Trinajstić information content (AvgIpc) is 2.87. The van der Waals surface area contributed by atoms with E-state index in [0.717, 1.165) is 11.3 Å². The van der Waals surface area contributed by atoms with E-state index in [2.05, 4.69) is 10.6 Å². The van der Waals surface area contributed by atoms with Gasteiger partial charge in [-0.1, -0.05) is 18.2 Å². The van der Waals surface area contributed by atoms with E-state index >= 15 is 0 Å². The zero-order valence-corrected chi connectivity index (χ0v) is 13.8. The van der Waals surface area contributed by atoms with Crippen LogP contribution >= 0.6 is 0 Å². The number of anilines is 1. The van der Waals surface area contributed by atoms with Crippen LogP contribution in [0.5, 0.6) is 5.75 Å². The summed E-state index contributed by atoms with van der Waals surface area (Å²) in [5.41, 5.74) is 2.16. The second-order valence-electron chi connectivity index (χ2n) is 5.81. The fourth-order valence-electron chi connectivity index (χ4n) is 2.60. The second-order valence-corrected chi connectivity index (χ2v) is 5.81. The minimum absolute atomic E-state index is 0.168. The fourth-order valence-corrected chi connectivity index (χ4v) is 2.60. The highest BCUT2D eigenvalue weighted by Crippen LogP contribution is 2.20. The van der Waals surface area contributed by atoms with Gasteiger partial charge in [-0.3, -0.25) is 19.7 Å². The van der Waals surface area contributed by atoms with Crippen molar-refractivity contribution in [1.82, 2.24) is 5.32 Å². The van der Waals surface area contributed by atoms with Crippen molar-refractivity contribution in [2.45, 2.75) is 19.8 Å². The third kappa shape index (κ3) is 3.85.